The number of hydroxylamine groups is 1. The number of phenolic OH excluding ortho intramolecular Hbond substituents is 1. The van der Waals surface area contributed by atoms with Crippen molar-refractivity contribution in [3.63, 3.8) is 0 Å². The average molecular weight is 434 g/mol. The lowest BCUT2D eigenvalue weighted by Crippen LogP contribution is -2.18. The molecule has 8 nitrogen and oxygen atoms in total. The zero-order chi connectivity index (χ0) is 23.1. The number of phenols is 1. The third kappa shape index (κ3) is 5.50. The van der Waals surface area contributed by atoms with Crippen LogP contribution in [0.25, 0.3) is 10.8 Å². The van der Waals surface area contributed by atoms with E-state index in [4.69, 9.17) is 9.94 Å². The molecule has 0 radical (unpaired) electrons. The number of fused-ring (bicyclic) bond motifs is 1. The van der Waals surface area contributed by atoms with Crippen LogP contribution in [0.15, 0.2) is 72.8 Å². The summed E-state index contributed by atoms with van der Waals surface area (Å²) in [5.74, 6) is -0.709. The van der Waals surface area contributed by atoms with Gasteiger partial charge in [-0.3, -0.25) is 20.1 Å². The Labute approximate surface area is 184 Å². The highest BCUT2D eigenvalue weighted by Crippen LogP contribution is 2.34. The van der Waals surface area contributed by atoms with Gasteiger partial charge in [-0.15, -0.1) is 0 Å². The summed E-state index contributed by atoms with van der Waals surface area (Å²) in [6, 6.07) is 16.7. The summed E-state index contributed by atoms with van der Waals surface area (Å²) in [6.07, 6.45) is 1.20. The van der Waals surface area contributed by atoms with Gasteiger partial charge in [0, 0.05) is 34.7 Å². The topological polar surface area (TPSA) is 125 Å². The summed E-state index contributed by atoms with van der Waals surface area (Å²) in [6.45, 7) is 1.45. The van der Waals surface area contributed by atoms with Crippen molar-refractivity contribution in [3.05, 3.63) is 83.9 Å². The molecule has 0 spiro atoms. The second-order valence-electron chi connectivity index (χ2n) is 6.99. The Bertz CT molecular complexity index is 1170. The molecule has 0 bridgehead atoms. The second-order valence-corrected chi connectivity index (χ2v) is 6.99. The Balaban J connectivity index is 1.85. The standard InChI is InChI=1S/C24H22N2O6/c1-15(27)16-9-11-17(12-10-16)25-24(30)32-22(7-4-8-23(29)26-31)20-13-14-21(28)19-6-3-2-5-18(19)20/h2-6,8-14,22,28,31H,7H2,1H3,(H,25,30)(H,26,29)/b8-4+/t22-/m1/s1. The van der Waals surface area contributed by atoms with Crippen molar-refractivity contribution in [2.24, 2.45) is 0 Å². The summed E-state index contributed by atoms with van der Waals surface area (Å²) in [4.78, 5) is 35.3. The smallest absolute Gasteiger partial charge is 0.412 e. The molecule has 3 rings (SSSR count). The van der Waals surface area contributed by atoms with E-state index in [0.717, 1.165) is 6.08 Å². The van der Waals surface area contributed by atoms with Gasteiger partial charge in [-0.2, -0.15) is 0 Å². The van der Waals surface area contributed by atoms with Crippen LogP contribution in [-0.2, 0) is 9.53 Å². The van der Waals surface area contributed by atoms with E-state index in [1.807, 2.05) is 0 Å². The van der Waals surface area contributed by atoms with Crippen LogP contribution in [0, 0.1) is 0 Å². The Morgan fingerprint density at radius 1 is 1.00 bits per heavy atom. The van der Waals surface area contributed by atoms with Gasteiger partial charge in [0.25, 0.3) is 5.91 Å². The molecule has 32 heavy (non-hydrogen) atoms. The van der Waals surface area contributed by atoms with Crippen molar-refractivity contribution in [2.45, 2.75) is 19.4 Å². The average Bonchev–Trinajstić information content (AvgIpc) is 2.79. The Hall–Kier alpha value is -4.17. The summed E-state index contributed by atoms with van der Waals surface area (Å²) in [7, 11) is 0. The van der Waals surface area contributed by atoms with Gasteiger partial charge in [-0.1, -0.05) is 36.4 Å². The quantitative estimate of drug-likeness (QED) is 0.188. The first-order chi connectivity index (χ1) is 15.4. The fourth-order valence-electron chi connectivity index (χ4n) is 3.23. The lowest BCUT2D eigenvalue weighted by molar-refractivity contribution is -0.124. The van der Waals surface area contributed by atoms with Gasteiger partial charge in [0.2, 0.25) is 0 Å². The molecule has 0 saturated heterocycles. The van der Waals surface area contributed by atoms with Crippen molar-refractivity contribution in [1.29, 1.82) is 0 Å². The van der Waals surface area contributed by atoms with Gasteiger partial charge in [0.1, 0.15) is 11.9 Å². The number of Topliss-reactive ketones (excluding diaryl/α,β-unsaturated/α-hetero) is 1. The SMILES string of the molecule is CC(=O)c1ccc(NC(=O)O[C@H](C/C=C/C(=O)NO)c2ccc(O)c3ccccc23)cc1. The van der Waals surface area contributed by atoms with E-state index in [1.165, 1.54) is 24.5 Å². The van der Waals surface area contributed by atoms with Gasteiger partial charge < -0.3 is 9.84 Å². The van der Waals surface area contributed by atoms with Crippen molar-refractivity contribution >= 4 is 34.2 Å². The Morgan fingerprint density at radius 2 is 1.69 bits per heavy atom. The van der Waals surface area contributed by atoms with E-state index in [0.29, 0.717) is 27.6 Å². The van der Waals surface area contributed by atoms with Gasteiger partial charge in [0.05, 0.1) is 0 Å². The van der Waals surface area contributed by atoms with Gasteiger partial charge in [0.15, 0.2) is 5.78 Å². The zero-order valence-corrected chi connectivity index (χ0v) is 17.2. The molecule has 4 N–H and O–H groups in total. The first-order valence-corrected chi connectivity index (χ1v) is 9.79. The number of ketones is 1. The van der Waals surface area contributed by atoms with Crippen LogP contribution in [0.5, 0.6) is 5.75 Å². The minimum Gasteiger partial charge on any atom is -0.507 e. The normalized spacial score (nSPS) is 11.8. The van der Waals surface area contributed by atoms with Crippen molar-refractivity contribution in [2.75, 3.05) is 5.32 Å². The lowest BCUT2D eigenvalue weighted by Gasteiger charge is -2.19. The summed E-state index contributed by atoms with van der Waals surface area (Å²) in [5, 5.41) is 22.7. The van der Waals surface area contributed by atoms with E-state index in [2.05, 4.69) is 5.32 Å². The minimum atomic E-state index is -0.792. The number of aromatic hydroxyl groups is 1. The van der Waals surface area contributed by atoms with Crippen LogP contribution in [0.3, 0.4) is 0 Å². The molecule has 0 unspecified atom stereocenters. The number of carbonyl (C=O) groups is 3. The summed E-state index contributed by atoms with van der Waals surface area (Å²) in [5.41, 5.74) is 3.10. The molecular formula is C24H22N2O6. The molecular weight excluding hydrogens is 412 g/mol. The number of anilines is 1. The number of hydrogen-bond donors (Lipinski definition) is 4. The molecule has 1 atom stereocenters. The van der Waals surface area contributed by atoms with Gasteiger partial charge in [-0.25, -0.2) is 10.3 Å². The zero-order valence-electron chi connectivity index (χ0n) is 17.2. The van der Waals surface area contributed by atoms with Crippen LogP contribution >= 0.6 is 0 Å². The van der Waals surface area contributed by atoms with Gasteiger partial charge >= 0.3 is 6.09 Å². The molecule has 0 heterocycles. The fourth-order valence-corrected chi connectivity index (χ4v) is 3.23. The first-order valence-electron chi connectivity index (χ1n) is 9.79. The maximum absolute atomic E-state index is 12.6. The molecule has 0 aliphatic rings. The molecule has 2 amide bonds. The molecule has 0 aliphatic heterocycles. The maximum atomic E-state index is 12.6. The molecule has 164 valence electrons. The summed E-state index contributed by atoms with van der Waals surface area (Å²) < 4.78 is 5.64. The highest BCUT2D eigenvalue weighted by Gasteiger charge is 2.19. The molecule has 3 aromatic rings. The van der Waals surface area contributed by atoms with Crippen molar-refractivity contribution in [3.8, 4) is 5.75 Å². The monoisotopic (exact) mass is 434 g/mol. The predicted molar refractivity (Wildman–Crippen MR) is 119 cm³/mol. The Kier molecular flexibility index (Phi) is 7.20. The molecule has 0 fully saturated rings. The number of amides is 2. The second kappa shape index (κ2) is 10.2. The van der Waals surface area contributed by atoms with Crippen LogP contribution in [-0.4, -0.2) is 28.1 Å². The largest absolute Gasteiger partial charge is 0.507 e. The number of carbonyl (C=O) groups excluding carboxylic acids is 3. The maximum Gasteiger partial charge on any atom is 0.412 e. The van der Waals surface area contributed by atoms with Crippen molar-refractivity contribution < 1.29 is 29.4 Å². The third-order valence-corrected chi connectivity index (χ3v) is 4.80. The van der Waals surface area contributed by atoms with Crippen LogP contribution in [0.4, 0.5) is 10.5 Å². The predicted octanol–water partition coefficient (Wildman–Crippen LogP) is 4.49. The Morgan fingerprint density at radius 3 is 2.34 bits per heavy atom. The molecule has 0 aliphatic carbocycles. The highest BCUT2D eigenvalue weighted by atomic mass is 16.6. The van der Waals surface area contributed by atoms with Crippen LogP contribution in [0.1, 0.15) is 35.4 Å². The molecule has 3 aromatic carbocycles. The van der Waals surface area contributed by atoms with Crippen LogP contribution in [0.2, 0.25) is 0 Å². The van der Waals surface area contributed by atoms with Gasteiger partial charge in [-0.05, 0) is 42.6 Å². The van der Waals surface area contributed by atoms with Crippen LogP contribution < -0.4 is 10.8 Å². The van der Waals surface area contributed by atoms with E-state index in [-0.39, 0.29) is 18.0 Å². The summed E-state index contributed by atoms with van der Waals surface area (Å²) >= 11 is 0. The number of rotatable bonds is 7. The minimum absolute atomic E-state index is 0.0860. The third-order valence-electron chi connectivity index (χ3n) is 4.80. The lowest BCUT2D eigenvalue weighted by atomic mass is 9.97. The number of ether oxygens (including phenoxy) is 1. The molecule has 0 aromatic heterocycles. The van der Waals surface area contributed by atoms with E-state index in [1.54, 1.807) is 54.6 Å². The number of benzene rings is 3. The fraction of sp³-hybridized carbons (Fsp3) is 0.125. The van der Waals surface area contributed by atoms with Crippen molar-refractivity contribution in [1.82, 2.24) is 5.48 Å². The van der Waals surface area contributed by atoms with E-state index >= 15 is 0 Å². The number of hydrogen-bond acceptors (Lipinski definition) is 6. The molecule has 0 saturated carbocycles. The number of nitrogens with one attached hydrogen (secondary N) is 2. The van der Waals surface area contributed by atoms with E-state index < -0.39 is 18.1 Å². The molecule has 8 heteroatoms. The first kappa shape index (κ1) is 22.5. The highest BCUT2D eigenvalue weighted by molar-refractivity contribution is 5.95. The van der Waals surface area contributed by atoms with E-state index in [9.17, 15) is 19.5 Å².